The van der Waals surface area contributed by atoms with Crippen LogP contribution in [0.4, 0.5) is 10.2 Å². The van der Waals surface area contributed by atoms with E-state index in [4.69, 9.17) is 0 Å². The number of likely N-dealkylation sites (N-methyl/N-ethyl adjacent to an activating group) is 1. The van der Waals surface area contributed by atoms with Crippen molar-refractivity contribution in [3.8, 4) is 0 Å². The second kappa shape index (κ2) is 5.09. The highest BCUT2D eigenvalue weighted by atomic mass is 19.1. The van der Waals surface area contributed by atoms with E-state index in [0.29, 0.717) is 17.4 Å². The van der Waals surface area contributed by atoms with Gasteiger partial charge in [0.25, 0.3) is 0 Å². The molecule has 1 aromatic heterocycles. The highest BCUT2D eigenvalue weighted by molar-refractivity contribution is 5.89. The number of hydrogen-bond acceptors (Lipinski definition) is 4. The second-order valence-electron chi connectivity index (χ2n) is 5.02. The Morgan fingerprint density at radius 1 is 1.42 bits per heavy atom. The number of hydrogen-bond donors (Lipinski definition) is 1. The Balaban J connectivity index is 1.83. The maximum Gasteiger partial charge on any atom is 0.149 e. The van der Waals surface area contributed by atoms with Gasteiger partial charge in [-0.25, -0.2) is 14.4 Å². The summed E-state index contributed by atoms with van der Waals surface area (Å²) in [6.45, 7) is 1.98. The summed E-state index contributed by atoms with van der Waals surface area (Å²) in [5.74, 6) is 0.408. The van der Waals surface area contributed by atoms with Crippen LogP contribution in [0.2, 0.25) is 0 Å². The molecule has 1 N–H and O–H groups in total. The summed E-state index contributed by atoms with van der Waals surface area (Å²) >= 11 is 0. The molecule has 1 aromatic carbocycles. The third-order valence-electron chi connectivity index (χ3n) is 3.79. The lowest BCUT2D eigenvalue weighted by Gasteiger charge is -2.20. The highest BCUT2D eigenvalue weighted by Gasteiger charge is 2.20. The average molecular weight is 260 g/mol. The Morgan fingerprint density at radius 3 is 3.11 bits per heavy atom. The topological polar surface area (TPSA) is 41.0 Å². The smallest absolute Gasteiger partial charge is 0.149 e. The number of aromatic nitrogens is 2. The maximum absolute atomic E-state index is 13.6. The molecule has 1 aliphatic rings. The van der Waals surface area contributed by atoms with Crippen LogP contribution in [-0.2, 0) is 0 Å². The van der Waals surface area contributed by atoms with Crippen LogP contribution in [0.1, 0.15) is 12.8 Å². The van der Waals surface area contributed by atoms with Gasteiger partial charge >= 0.3 is 0 Å². The van der Waals surface area contributed by atoms with Crippen molar-refractivity contribution in [3.05, 3.63) is 30.3 Å². The lowest BCUT2D eigenvalue weighted by atomic mass is 10.2. The first-order valence-corrected chi connectivity index (χ1v) is 6.59. The first kappa shape index (κ1) is 12.3. The van der Waals surface area contributed by atoms with Crippen LogP contribution in [0.15, 0.2) is 24.5 Å². The molecule has 0 spiro atoms. The van der Waals surface area contributed by atoms with Gasteiger partial charge in [-0.1, -0.05) is 6.07 Å². The van der Waals surface area contributed by atoms with E-state index in [-0.39, 0.29) is 5.82 Å². The Morgan fingerprint density at radius 2 is 2.32 bits per heavy atom. The van der Waals surface area contributed by atoms with E-state index >= 15 is 0 Å². The first-order valence-electron chi connectivity index (χ1n) is 6.59. The number of nitrogens with zero attached hydrogens (tertiary/aromatic N) is 3. The summed E-state index contributed by atoms with van der Waals surface area (Å²) in [6, 6.07) is 5.48. The SMILES string of the molecule is CN1CCCC1CNc1ncnc2c(F)cccc12. The molecule has 0 bridgehead atoms. The zero-order valence-electron chi connectivity index (χ0n) is 10.9. The summed E-state index contributed by atoms with van der Waals surface area (Å²) in [7, 11) is 2.14. The Hall–Kier alpha value is -1.75. The highest BCUT2D eigenvalue weighted by Crippen LogP contribution is 2.22. The molecule has 2 heterocycles. The van der Waals surface area contributed by atoms with Crippen LogP contribution in [0.3, 0.4) is 0 Å². The van der Waals surface area contributed by atoms with Crippen LogP contribution >= 0.6 is 0 Å². The molecule has 0 amide bonds. The number of likely N-dealkylation sites (tertiary alicyclic amines) is 1. The van der Waals surface area contributed by atoms with Crippen molar-refractivity contribution in [2.45, 2.75) is 18.9 Å². The second-order valence-corrected chi connectivity index (χ2v) is 5.02. The molecule has 19 heavy (non-hydrogen) atoms. The molecule has 1 atom stereocenters. The van der Waals surface area contributed by atoms with Gasteiger partial charge in [0.15, 0.2) is 0 Å². The van der Waals surface area contributed by atoms with Gasteiger partial charge < -0.3 is 10.2 Å². The largest absolute Gasteiger partial charge is 0.368 e. The fourth-order valence-electron chi connectivity index (χ4n) is 2.64. The third kappa shape index (κ3) is 2.38. The lowest BCUT2D eigenvalue weighted by molar-refractivity contribution is 0.322. The van der Waals surface area contributed by atoms with Crippen LogP contribution in [-0.4, -0.2) is 41.0 Å². The number of fused-ring (bicyclic) bond motifs is 1. The molecule has 1 aliphatic heterocycles. The Kier molecular flexibility index (Phi) is 3.29. The number of anilines is 1. The van der Waals surface area contributed by atoms with Gasteiger partial charge in [-0.2, -0.15) is 0 Å². The number of para-hydroxylation sites is 1. The summed E-state index contributed by atoms with van der Waals surface area (Å²) in [5, 5.41) is 4.07. The number of halogens is 1. The minimum Gasteiger partial charge on any atom is -0.368 e. The monoisotopic (exact) mass is 260 g/mol. The van der Waals surface area contributed by atoms with Crippen molar-refractivity contribution in [2.75, 3.05) is 25.5 Å². The van der Waals surface area contributed by atoms with E-state index in [1.807, 2.05) is 6.07 Å². The molecule has 0 aliphatic carbocycles. The van der Waals surface area contributed by atoms with E-state index in [1.54, 1.807) is 6.07 Å². The molecular weight excluding hydrogens is 243 g/mol. The van der Waals surface area contributed by atoms with Crippen LogP contribution in [0.5, 0.6) is 0 Å². The zero-order chi connectivity index (χ0) is 13.2. The molecule has 100 valence electrons. The molecule has 0 radical (unpaired) electrons. The summed E-state index contributed by atoms with van der Waals surface area (Å²) in [5.41, 5.74) is 0.375. The predicted molar refractivity (Wildman–Crippen MR) is 73.6 cm³/mol. The molecule has 2 aromatic rings. The standard InChI is InChI=1S/C14H17FN4/c1-19-7-3-4-10(19)8-16-14-11-5-2-6-12(15)13(11)17-9-18-14/h2,5-6,9-10H,3-4,7-8H2,1H3,(H,16,17,18). The van der Waals surface area contributed by atoms with Gasteiger partial charge in [-0.05, 0) is 38.6 Å². The number of nitrogens with one attached hydrogen (secondary N) is 1. The first-order chi connectivity index (χ1) is 9.25. The van der Waals surface area contributed by atoms with E-state index in [2.05, 4.69) is 27.2 Å². The minimum absolute atomic E-state index is 0.305. The molecule has 0 saturated carbocycles. The van der Waals surface area contributed by atoms with Gasteiger partial charge in [0.05, 0.1) is 0 Å². The van der Waals surface area contributed by atoms with Gasteiger partial charge in [0, 0.05) is 18.0 Å². The summed E-state index contributed by atoms with van der Waals surface area (Å²) in [6.07, 6.45) is 3.84. The van der Waals surface area contributed by atoms with Crippen molar-refractivity contribution < 1.29 is 4.39 Å². The van der Waals surface area contributed by atoms with Crippen molar-refractivity contribution in [3.63, 3.8) is 0 Å². The van der Waals surface area contributed by atoms with Crippen molar-refractivity contribution in [2.24, 2.45) is 0 Å². The Bertz CT molecular complexity index is 587. The van der Waals surface area contributed by atoms with Gasteiger partial charge in [-0.15, -0.1) is 0 Å². The normalized spacial score (nSPS) is 20.0. The van der Waals surface area contributed by atoms with Crippen molar-refractivity contribution in [1.82, 2.24) is 14.9 Å². The van der Waals surface area contributed by atoms with E-state index in [0.717, 1.165) is 18.5 Å². The fraction of sp³-hybridized carbons (Fsp3) is 0.429. The molecule has 1 saturated heterocycles. The Labute approximate surface area is 111 Å². The van der Waals surface area contributed by atoms with Gasteiger partial charge in [-0.3, -0.25) is 0 Å². The van der Waals surface area contributed by atoms with Gasteiger partial charge in [0.2, 0.25) is 0 Å². The van der Waals surface area contributed by atoms with Crippen LogP contribution in [0, 0.1) is 5.82 Å². The molecule has 4 nitrogen and oxygen atoms in total. The predicted octanol–water partition coefficient (Wildman–Crippen LogP) is 2.27. The fourth-order valence-corrected chi connectivity index (χ4v) is 2.64. The summed E-state index contributed by atoms with van der Waals surface area (Å²) in [4.78, 5) is 10.6. The molecular formula is C14H17FN4. The minimum atomic E-state index is -0.305. The molecule has 3 rings (SSSR count). The van der Waals surface area contributed by atoms with Crippen molar-refractivity contribution in [1.29, 1.82) is 0 Å². The van der Waals surface area contributed by atoms with E-state index in [9.17, 15) is 4.39 Å². The third-order valence-corrected chi connectivity index (χ3v) is 3.79. The average Bonchev–Trinajstić information content (AvgIpc) is 2.82. The lowest BCUT2D eigenvalue weighted by Crippen LogP contribution is -2.31. The molecule has 1 unspecified atom stereocenters. The zero-order valence-corrected chi connectivity index (χ0v) is 10.9. The number of benzene rings is 1. The van der Waals surface area contributed by atoms with Crippen LogP contribution < -0.4 is 5.32 Å². The molecule has 1 fully saturated rings. The summed E-state index contributed by atoms with van der Waals surface area (Å²) < 4.78 is 13.6. The number of rotatable bonds is 3. The quantitative estimate of drug-likeness (QED) is 0.919. The molecule has 5 heteroatoms. The van der Waals surface area contributed by atoms with Crippen molar-refractivity contribution >= 4 is 16.7 Å². The van der Waals surface area contributed by atoms with Gasteiger partial charge in [0.1, 0.15) is 23.5 Å². The maximum atomic E-state index is 13.6. The van der Waals surface area contributed by atoms with E-state index in [1.165, 1.54) is 25.2 Å². The van der Waals surface area contributed by atoms with E-state index < -0.39 is 0 Å². The van der Waals surface area contributed by atoms with Crippen LogP contribution in [0.25, 0.3) is 10.9 Å².